The number of carbonyl (C=O) groups is 1. The van der Waals surface area contributed by atoms with Gasteiger partial charge in [0.1, 0.15) is 24.1 Å². The average molecular weight is 401 g/mol. The maximum atomic E-state index is 12.8. The molecule has 0 N–H and O–H groups in total. The highest BCUT2D eigenvalue weighted by atomic mass is 32.1. The van der Waals surface area contributed by atoms with Gasteiger partial charge in [-0.25, -0.2) is 9.20 Å². The van der Waals surface area contributed by atoms with Crippen LogP contribution in [0.2, 0.25) is 0 Å². The molecule has 2 saturated heterocycles. The first-order valence-corrected chi connectivity index (χ1v) is 10.1. The predicted molar refractivity (Wildman–Crippen MR) is 101 cm³/mol. The van der Waals surface area contributed by atoms with Gasteiger partial charge in [0.05, 0.1) is 18.1 Å². The van der Waals surface area contributed by atoms with E-state index in [0.29, 0.717) is 44.7 Å². The van der Waals surface area contributed by atoms with Crippen LogP contribution in [0.25, 0.3) is 16.1 Å². The third-order valence-electron chi connectivity index (χ3n) is 5.24. The Morgan fingerprint density at radius 2 is 2.04 bits per heavy atom. The number of ether oxygens (including phenoxy) is 2. The molecular weight excluding hydrogens is 382 g/mol. The molecule has 5 heterocycles. The SMILES string of the molecule is O=C(Cn1ncn2nc(-c3cccs3)cc2c1=O)N1CCC2(CC1)OCCO2. The molecule has 146 valence electrons. The third-order valence-corrected chi connectivity index (χ3v) is 6.13. The zero-order valence-corrected chi connectivity index (χ0v) is 15.9. The third kappa shape index (κ3) is 3.03. The Kier molecular flexibility index (Phi) is 4.26. The van der Waals surface area contributed by atoms with Crippen LogP contribution in [0, 0.1) is 0 Å². The lowest BCUT2D eigenvalue weighted by molar-refractivity contribution is -0.187. The first kappa shape index (κ1) is 17.5. The Labute approximate surface area is 164 Å². The van der Waals surface area contributed by atoms with Crippen LogP contribution in [0.5, 0.6) is 0 Å². The fourth-order valence-corrected chi connectivity index (χ4v) is 4.39. The Balaban J connectivity index is 1.33. The summed E-state index contributed by atoms with van der Waals surface area (Å²) in [6, 6.07) is 5.61. The Hall–Kier alpha value is -2.56. The maximum absolute atomic E-state index is 12.8. The summed E-state index contributed by atoms with van der Waals surface area (Å²) in [6.07, 6.45) is 2.76. The molecule has 10 heteroatoms. The largest absolute Gasteiger partial charge is 0.347 e. The van der Waals surface area contributed by atoms with E-state index in [0.717, 1.165) is 10.6 Å². The van der Waals surface area contributed by atoms with Crippen LogP contribution in [0.1, 0.15) is 12.8 Å². The number of hydrogen-bond acceptors (Lipinski definition) is 7. The van der Waals surface area contributed by atoms with E-state index in [1.165, 1.54) is 15.5 Å². The highest BCUT2D eigenvalue weighted by Crippen LogP contribution is 2.31. The van der Waals surface area contributed by atoms with Crippen molar-refractivity contribution in [3.05, 3.63) is 40.3 Å². The molecule has 9 nitrogen and oxygen atoms in total. The standard InChI is InChI=1S/C18H19N5O4S/c24-16(21-5-3-18(4-6-21)26-7-8-27-18)11-22-17(25)14-10-13(15-2-1-9-28-15)20-23(14)12-19-22/h1-2,9-10,12H,3-8,11H2. The second kappa shape index (κ2) is 6.80. The van der Waals surface area contributed by atoms with E-state index in [-0.39, 0.29) is 18.0 Å². The van der Waals surface area contributed by atoms with Crippen molar-refractivity contribution >= 4 is 22.8 Å². The Morgan fingerprint density at radius 3 is 2.75 bits per heavy atom. The van der Waals surface area contributed by atoms with Crippen molar-refractivity contribution in [2.75, 3.05) is 26.3 Å². The van der Waals surface area contributed by atoms with Crippen LogP contribution < -0.4 is 5.56 Å². The van der Waals surface area contributed by atoms with E-state index in [1.807, 2.05) is 17.5 Å². The summed E-state index contributed by atoms with van der Waals surface area (Å²) in [7, 11) is 0. The lowest BCUT2D eigenvalue weighted by Gasteiger charge is -2.37. The van der Waals surface area contributed by atoms with Crippen molar-refractivity contribution in [2.45, 2.75) is 25.2 Å². The fraction of sp³-hybridized carbons (Fsp3) is 0.444. The van der Waals surface area contributed by atoms with Crippen LogP contribution in [-0.4, -0.2) is 62.3 Å². The molecule has 0 aromatic carbocycles. The number of thiophene rings is 1. The van der Waals surface area contributed by atoms with Gasteiger partial charge in [-0.2, -0.15) is 10.2 Å². The van der Waals surface area contributed by atoms with Crippen LogP contribution >= 0.6 is 11.3 Å². The average Bonchev–Trinajstić information content (AvgIpc) is 3.45. The van der Waals surface area contributed by atoms with Crippen molar-refractivity contribution in [3.8, 4) is 10.6 Å². The van der Waals surface area contributed by atoms with Gasteiger partial charge in [-0.1, -0.05) is 6.07 Å². The van der Waals surface area contributed by atoms with Gasteiger partial charge in [0.25, 0.3) is 5.56 Å². The molecule has 5 rings (SSSR count). The minimum atomic E-state index is -0.527. The minimum absolute atomic E-state index is 0.0937. The van der Waals surface area contributed by atoms with Crippen molar-refractivity contribution in [2.24, 2.45) is 0 Å². The first-order chi connectivity index (χ1) is 13.6. The van der Waals surface area contributed by atoms with Gasteiger partial charge in [-0.15, -0.1) is 11.3 Å². The van der Waals surface area contributed by atoms with E-state index < -0.39 is 5.79 Å². The molecule has 1 amide bonds. The summed E-state index contributed by atoms with van der Waals surface area (Å²) in [4.78, 5) is 28.2. The van der Waals surface area contributed by atoms with Crippen LogP contribution in [0.15, 0.2) is 34.7 Å². The number of rotatable bonds is 3. The second-order valence-corrected chi connectivity index (χ2v) is 7.87. The smallest absolute Gasteiger partial charge is 0.293 e. The molecule has 0 saturated carbocycles. The van der Waals surface area contributed by atoms with Gasteiger partial charge in [0.15, 0.2) is 5.79 Å². The highest BCUT2D eigenvalue weighted by molar-refractivity contribution is 7.13. The van der Waals surface area contributed by atoms with Crippen molar-refractivity contribution in [1.82, 2.24) is 24.3 Å². The van der Waals surface area contributed by atoms with E-state index in [1.54, 1.807) is 22.3 Å². The number of fused-ring (bicyclic) bond motifs is 1. The summed E-state index contributed by atoms with van der Waals surface area (Å²) >= 11 is 1.55. The topological polar surface area (TPSA) is 91.0 Å². The Bertz CT molecular complexity index is 1060. The number of nitrogens with zero attached hydrogens (tertiary/aromatic N) is 5. The zero-order valence-electron chi connectivity index (χ0n) is 15.1. The number of carbonyl (C=O) groups excluding carboxylic acids is 1. The number of aromatic nitrogens is 4. The molecule has 28 heavy (non-hydrogen) atoms. The summed E-state index contributed by atoms with van der Waals surface area (Å²) in [6.45, 7) is 2.21. The normalized spacial score (nSPS) is 18.9. The van der Waals surface area contributed by atoms with Crippen molar-refractivity contribution in [3.63, 3.8) is 0 Å². The van der Waals surface area contributed by atoms with Crippen LogP contribution in [0.3, 0.4) is 0 Å². The molecule has 2 fully saturated rings. The first-order valence-electron chi connectivity index (χ1n) is 9.19. The molecule has 1 spiro atoms. The monoisotopic (exact) mass is 401 g/mol. The van der Waals surface area contributed by atoms with Crippen LogP contribution in [-0.2, 0) is 20.8 Å². The van der Waals surface area contributed by atoms with Crippen molar-refractivity contribution < 1.29 is 14.3 Å². The molecule has 2 aliphatic rings. The summed E-state index contributed by atoms with van der Waals surface area (Å²) in [5.41, 5.74) is 0.787. The fourth-order valence-electron chi connectivity index (χ4n) is 3.71. The van der Waals surface area contributed by atoms with Gasteiger partial charge < -0.3 is 14.4 Å². The van der Waals surface area contributed by atoms with Crippen molar-refractivity contribution in [1.29, 1.82) is 0 Å². The van der Waals surface area contributed by atoms with E-state index in [9.17, 15) is 9.59 Å². The quantitative estimate of drug-likeness (QED) is 0.650. The van der Waals surface area contributed by atoms with Gasteiger partial charge in [0.2, 0.25) is 5.91 Å². The van der Waals surface area contributed by atoms with Gasteiger partial charge in [0, 0.05) is 25.9 Å². The van der Waals surface area contributed by atoms with Crippen LogP contribution in [0.4, 0.5) is 0 Å². The van der Waals surface area contributed by atoms with E-state index in [2.05, 4.69) is 10.2 Å². The molecule has 2 aliphatic heterocycles. The highest BCUT2D eigenvalue weighted by Gasteiger charge is 2.40. The zero-order chi connectivity index (χ0) is 19.1. The molecule has 3 aromatic rings. The summed E-state index contributed by atoms with van der Waals surface area (Å²) in [5, 5.41) is 10.5. The number of hydrogen-bond donors (Lipinski definition) is 0. The van der Waals surface area contributed by atoms with E-state index >= 15 is 0 Å². The molecule has 0 bridgehead atoms. The molecule has 0 atom stereocenters. The van der Waals surface area contributed by atoms with Gasteiger partial charge in [-0.05, 0) is 17.5 Å². The molecule has 0 aliphatic carbocycles. The number of amides is 1. The lowest BCUT2D eigenvalue weighted by atomic mass is 10.0. The molecule has 3 aromatic heterocycles. The number of piperidine rings is 1. The summed E-state index contributed by atoms with van der Waals surface area (Å²) in [5.74, 6) is -0.662. The number of likely N-dealkylation sites (tertiary alicyclic amines) is 1. The predicted octanol–water partition coefficient (Wildman–Crippen LogP) is 0.985. The molecular formula is C18H19N5O4S. The van der Waals surface area contributed by atoms with Gasteiger partial charge >= 0.3 is 0 Å². The lowest BCUT2D eigenvalue weighted by Crippen LogP contribution is -2.48. The van der Waals surface area contributed by atoms with Gasteiger partial charge in [-0.3, -0.25) is 9.59 Å². The molecule has 0 radical (unpaired) electrons. The second-order valence-electron chi connectivity index (χ2n) is 6.92. The maximum Gasteiger partial charge on any atom is 0.293 e. The minimum Gasteiger partial charge on any atom is -0.347 e. The summed E-state index contributed by atoms with van der Waals surface area (Å²) < 4.78 is 14.0. The van der Waals surface area contributed by atoms with E-state index in [4.69, 9.17) is 9.47 Å². The Morgan fingerprint density at radius 1 is 1.25 bits per heavy atom. The molecule has 0 unspecified atom stereocenters.